The molecule has 1 aromatic carbocycles. The van der Waals surface area contributed by atoms with Gasteiger partial charge in [-0.05, 0) is 31.7 Å². The largest absolute Gasteiger partial charge is 0.389 e. The van der Waals surface area contributed by atoms with Crippen molar-refractivity contribution in [2.24, 2.45) is 5.92 Å². The lowest BCUT2D eigenvalue weighted by Crippen LogP contribution is -2.40. The SMILES string of the molecule is CC[C@@H](C)N(Cc1ccc(C)cc1)C[C@@H](O)COCC(C)C. The first-order valence-electron chi connectivity index (χ1n) is 8.47. The third-order valence-corrected chi connectivity index (χ3v) is 3.93. The molecule has 1 aromatic rings. The fourth-order valence-corrected chi connectivity index (χ4v) is 2.35. The van der Waals surface area contributed by atoms with E-state index in [4.69, 9.17) is 4.74 Å². The zero-order valence-electron chi connectivity index (χ0n) is 14.9. The predicted molar refractivity (Wildman–Crippen MR) is 93.0 cm³/mol. The van der Waals surface area contributed by atoms with Crippen molar-refractivity contribution >= 4 is 0 Å². The van der Waals surface area contributed by atoms with Crippen LogP contribution in [0.25, 0.3) is 0 Å². The summed E-state index contributed by atoms with van der Waals surface area (Å²) in [5.41, 5.74) is 2.57. The summed E-state index contributed by atoms with van der Waals surface area (Å²) in [5.74, 6) is 0.505. The highest BCUT2D eigenvalue weighted by atomic mass is 16.5. The van der Waals surface area contributed by atoms with Crippen molar-refractivity contribution in [3.8, 4) is 0 Å². The minimum absolute atomic E-state index is 0.416. The molecule has 0 aliphatic carbocycles. The third kappa shape index (κ3) is 7.39. The number of nitrogens with zero attached hydrogens (tertiary/aromatic N) is 1. The van der Waals surface area contributed by atoms with Gasteiger partial charge in [0.25, 0.3) is 0 Å². The van der Waals surface area contributed by atoms with Gasteiger partial charge in [-0.25, -0.2) is 0 Å². The molecule has 0 aliphatic heterocycles. The number of ether oxygens (including phenoxy) is 1. The average molecular weight is 307 g/mol. The summed E-state index contributed by atoms with van der Waals surface area (Å²) < 4.78 is 5.56. The molecule has 0 heterocycles. The van der Waals surface area contributed by atoms with Crippen molar-refractivity contribution in [2.45, 2.75) is 59.7 Å². The van der Waals surface area contributed by atoms with Crippen molar-refractivity contribution < 1.29 is 9.84 Å². The average Bonchev–Trinajstić information content (AvgIpc) is 2.47. The van der Waals surface area contributed by atoms with Gasteiger partial charge in [-0.3, -0.25) is 4.90 Å². The summed E-state index contributed by atoms with van der Waals surface area (Å²) >= 11 is 0. The van der Waals surface area contributed by atoms with Crippen LogP contribution in [0.15, 0.2) is 24.3 Å². The highest BCUT2D eigenvalue weighted by Crippen LogP contribution is 2.12. The molecule has 0 amide bonds. The first kappa shape index (κ1) is 19.1. The topological polar surface area (TPSA) is 32.7 Å². The predicted octanol–water partition coefficient (Wildman–Crippen LogP) is 3.63. The number of aliphatic hydroxyl groups excluding tert-OH is 1. The molecule has 126 valence electrons. The summed E-state index contributed by atoms with van der Waals surface area (Å²) in [6.45, 7) is 13.4. The van der Waals surface area contributed by atoms with E-state index in [1.165, 1.54) is 11.1 Å². The second-order valence-electron chi connectivity index (χ2n) is 6.76. The first-order valence-corrected chi connectivity index (χ1v) is 8.47. The Morgan fingerprint density at radius 2 is 1.73 bits per heavy atom. The molecule has 1 rings (SSSR count). The molecule has 3 heteroatoms. The quantitative estimate of drug-likeness (QED) is 0.716. The van der Waals surface area contributed by atoms with Gasteiger partial charge in [-0.2, -0.15) is 0 Å². The number of hydrogen-bond acceptors (Lipinski definition) is 3. The zero-order chi connectivity index (χ0) is 16.5. The molecule has 22 heavy (non-hydrogen) atoms. The Bertz CT molecular complexity index is 402. The highest BCUT2D eigenvalue weighted by molar-refractivity contribution is 5.21. The van der Waals surface area contributed by atoms with Crippen LogP contribution in [0.1, 0.15) is 45.2 Å². The van der Waals surface area contributed by atoms with Gasteiger partial charge in [0.2, 0.25) is 0 Å². The van der Waals surface area contributed by atoms with E-state index in [9.17, 15) is 5.11 Å². The number of benzene rings is 1. The number of aliphatic hydroxyl groups is 1. The fourth-order valence-electron chi connectivity index (χ4n) is 2.35. The second-order valence-corrected chi connectivity index (χ2v) is 6.76. The Morgan fingerprint density at radius 3 is 2.27 bits per heavy atom. The normalized spacial score (nSPS) is 14.5. The minimum atomic E-state index is -0.432. The first-order chi connectivity index (χ1) is 10.4. The van der Waals surface area contributed by atoms with Crippen LogP contribution in [0.5, 0.6) is 0 Å². The molecule has 0 saturated heterocycles. The fraction of sp³-hybridized carbons (Fsp3) is 0.684. The third-order valence-electron chi connectivity index (χ3n) is 3.93. The molecule has 0 radical (unpaired) electrons. The molecule has 0 bridgehead atoms. The van der Waals surface area contributed by atoms with Gasteiger partial charge in [0.1, 0.15) is 0 Å². The molecule has 0 aromatic heterocycles. The van der Waals surface area contributed by atoms with Gasteiger partial charge in [-0.15, -0.1) is 0 Å². The Labute approximate surface area is 136 Å². The van der Waals surface area contributed by atoms with Gasteiger partial charge in [-0.1, -0.05) is 50.6 Å². The lowest BCUT2D eigenvalue weighted by Gasteiger charge is -2.30. The molecule has 1 N–H and O–H groups in total. The Morgan fingerprint density at radius 1 is 1.09 bits per heavy atom. The van der Waals surface area contributed by atoms with Crippen LogP contribution in [-0.2, 0) is 11.3 Å². The number of rotatable bonds is 10. The van der Waals surface area contributed by atoms with Gasteiger partial charge in [0, 0.05) is 25.7 Å². The van der Waals surface area contributed by atoms with E-state index >= 15 is 0 Å². The van der Waals surface area contributed by atoms with E-state index in [0.717, 1.165) is 13.0 Å². The van der Waals surface area contributed by atoms with E-state index in [1.807, 2.05) is 0 Å². The lowest BCUT2D eigenvalue weighted by atomic mass is 10.1. The van der Waals surface area contributed by atoms with Crippen LogP contribution in [-0.4, -0.2) is 41.9 Å². The maximum atomic E-state index is 10.2. The molecular formula is C19H33NO2. The summed E-state index contributed by atoms with van der Waals surface area (Å²) in [5, 5.41) is 10.2. The maximum Gasteiger partial charge on any atom is 0.0900 e. The number of aryl methyl sites for hydroxylation is 1. The Hall–Kier alpha value is -0.900. The van der Waals surface area contributed by atoms with Crippen LogP contribution in [0.4, 0.5) is 0 Å². The summed E-state index contributed by atoms with van der Waals surface area (Å²) in [7, 11) is 0. The van der Waals surface area contributed by atoms with Gasteiger partial charge < -0.3 is 9.84 Å². The molecule has 3 nitrogen and oxygen atoms in total. The van der Waals surface area contributed by atoms with Crippen LogP contribution < -0.4 is 0 Å². The van der Waals surface area contributed by atoms with E-state index in [0.29, 0.717) is 31.7 Å². The van der Waals surface area contributed by atoms with Crippen molar-refractivity contribution in [1.82, 2.24) is 4.90 Å². The van der Waals surface area contributed by atoms with Crippen LogP contribution in [0, 0.1) is 12.8 Å². The van der Waals surface area contributed by atoms with Crippen LogP contribution >= 0.6 is 0 Å². The standard InChI is InChI=1S/C19H33NO2/c1-6-17(5)20(11-18-9-7-16(4)8-10-18)12-19(21)14-22-13-15(2)3/h7-10,15,17,19,21H,6,11-14H2,1-5H3/t17-,19-/m1/s1. The molecule has 0 saturated carbocycles. The zero-order valence-corrected chi connectivity index (χ0v) is 14.9. The van der Waals surface area contributed by atoms with Crippen molar-refractivity contribution in [2.75, 3.05) is 19.8 Å². The van der Waals surface area contributed by atoms with Gasteiger partial charge in [0.15, 0.2) is 0 Å². The van der Waals surface area contributed by atoms with Crippen molar-refractivity contribution in [1.29, 1.82) is 0 Å². The Balaban J connectivity index is 2.54. The highest BCUT2D eigenvalue weighted by Gasteiger charge is 2.17. The van der Waals surface area contributed by atoms with E-state index in [-0.39, 0.29) is 0 Å². The van der Waals surface area contributed by atoms with E-state index < -0.39 is 6.10 Å². The van der Waals surface area contributed by atoms with Gasteiger partial charge >= 0.3 is 0 Å². The molecule has 0 unspecified atom stereocenters. The molecule has 0 aliphatic rings. The monoisotopic (exact) mass is 307 g/mol. The van der Waals surface area contributed by atoms with E-state index in [1.54, 1.807) is 0 Å². The summed E-state index contributed by atoms with van der Waals surface area (Å²) in [6, 6.07) is 9.08. The van der Waals surface area contributed by atoms with E-state index in [2.05, 4.69) is 63.8 Å². The molecule has 2 atom stereocenters. The van der Waals surface area contributed by atoms with Crippen LogP contribution in [0.2, 0.25) is 0 Å². The van der Waals surface area contributed by atoms with Gasteiger partial charge in [0.05, 0.1) is 12.7 Å². The summed E-state index contributed by atoms with van der Waals surface area (Å²) in [4.78, 5) is 2.34. The summed E-state index contributed by atoms with van der Waals surface area (Å²) in [6.07, 6.45) is 0.643. The Kier molecular flexibility index (Phi) is 8.69. The molecule has 0 spiro atoms. The van der Waals surface area contributed by atoms with Crippen molar-refractivity contribution in [3.63, 3.8) is 0 Å². The number of hydrogen-bond donors (Lipinski definition) is 1. The second kappa shape index (κ2) is 9.98. The van der Waals surface area contributed by atoms with Crippen LogP contribution in [0.3, 0.4) is 0 Å². The molecular weight excluding hydrogens is 274 g/mol. The maximum absolute atomic E-state index is 10.2. The lowest BCUT2D eigenvalue weighted by molar-refractivity contribution is 0.000122. The smallest absolute Gasteiger partial charge is 0.0900 e. The van der Waals surface area contributed by atoms with Crippen molar-refractivity contribution in [3.05, 3.63) is 35.4 Å². The molecule has 0 fully saturated rings. The minimum Gasteiger partial charge on any atom is -0.389 e.